The molecule has 4 heterocycles. The van der Waals surface area contributed by atoms with Gasteiger partial charge in [0.25, 0.3) is 0 Å². The van der Waals surface area contributed by atoms with Crippen molar-refractivity contribution >= 4 is 52.4 Å². The van der Waals surface area contributed by atoms with Crippen molar-refractivity contribution in [3.8, 4) is 22.9 Å². The number of pyridine rings is 1. The zero-order valence-corrected chi connectivity index (χ0v) is 39.3. The number of fused-ring (bicyclic) bond motifs is 3. The minimum absolute atomic E-state index is 0.0239. The summed E-state index contributed by atoms with van der Waals surface area (Å²) >= 11 is 1.44. The Bertz CT molecular complexity index is 2510. The molecular weight excluding hydrogens is 893 g/mol. The first-order valence-electron chi connectivity index (χ1n) is 23.1. The van der Waals surface area contributed by atoms with Crippen molar-refractivity contribution in [3.05, 3.63) is 77.2 Å². The van der Waals surface area contributed by atoms with Gasteiger partial charge in [-0.1, -0.05) is 43.2 Å². The number of aromatic nitrogens is 2. The van der Waals surface area contributed by atoms with Crippen LogP contribution in [0.3, 0.4) is 0 Å². The van der Waals surface area contributed by atoms with Gasteiger partial charge in [-0.15, -0.1) is 11.3 Å². The number of nitrogens with zero attached hydrogens (tertiary/aromatic N) is 3. The number of nitrogens with one attached hydrogen (secondary N) is 1. The van der Waals surface area contributed by atoms with Crippen molar-refractivity contribution in [1.29, 1.82) is 0 Å². The van der Waals surface area contributed by atoms with E-state index in [1.807, 2.05) is 37.4 Å². The molecule has 0 radical (unpaired) electrons. The minimum atomic E-state index is -4.75. The molecule has 0 bridgehead atoms. The van der Waals surface area contributed by atoms with Crippen LogP contribution in [0.5, 0.6) is 11.5 Å². The van der Waals surface area contributed by atoms with Crippen LogP contribution in [0.1, 0.15) is 108 Å². The maximum absolute atomic E-state index is 15.0. The van der Waals surface area contributed by atoms with Crippen LogP contribution < -0.4 is 14.8 Å². The fourth-order valence-corrected chi connectivity index (χ4v) is 13.4. The van der Waals surface area contributed by atoms with E-state index in [1.54, 1.807) is 25.3 Å². The summed E-state index contributed by atoms with van der Waals surface area (Å²) in [5, 5.41) is 5.04. The molecule has 12 nitrogen and oxygen atoms in total. The van der Waals surface area contributed by atoms with Crippen LogP contribution in [0.4, 0.5) is 18.3 Å². The fraction of sp³-hybridized carbons (Fsp3) is 0.531. The molecule has 6 atom stereocenters. The molecule has 2 aromatic heterocycles. The molecule has 1 saturated heterocycles. The van der Waals surface area contributed by atoms with Crippen LogP contribution in [0, 0.1) is 11.8 Å². The number of rotatable bonds is 12. The number of methoxy groups -OCH3 is 1. The zero-order chi connectivity index (χ0) is 46.8. The first-order chi connectivity index (χ1) is 31.5. The molecule has 8 rings (SSSR count). The highest BCUT2D eigenvalue weighted by atomic mass is 32.1. The van der Waals surface area contributed by atoms with E-state index in [1.165, 1.54) is 34.4 Å². The van der Waals surface area contributed by atoms with Crippen LogP contribution in [0.15, 0.2) is 66.1 Å². The highest BCUT2D eigenvalue weighted by molar-refractivity contribution is 7.59. The van der Waals surface area contributed by atoms with E-state index in [4.69, 9.17) is 24.2 Å². The predicted molar refractivity (Wildman–Crippen MR) is 247 cm³/mol. The zero-order valence-electron chi connectivity index (χ0n) is 37.6. The summed E-state index contributed by atoms with van der Waals surface area (Å²) in [6, 6.07) is 11.0. The normalized spacial score (nSPS) is 25.7. The second-order valence-electron chi connectivity index (χ2n) is 18.6. The third-order valence-corrected chi connectivity index (χ3v) is 17.1. The molecule has 17 heteroatoms. The highest BCUT2D eigenvalue weighted by Crippen LogP contribution is 2.74. The van der Waals surface area contributed by atoms with Crippen LogP contribution in [-0.2, 0) is 36.0 Å². The van der Waals surface area contributed by atoms with Crippen molar-refractivity contribution in [1.82, 2.24) is 14.9 Å². The molecule has 2 N–H and O–H groups in total. The molecule has 2 aliphatic heterocycles. The number of allylic oxidation sites excluding steroid dienone is 2. The smallest absolute Gasteiger partial charge is 0.416 e. The number of Topliss-reactive ketones (excluding diaryl/α,β-unsaturated/α-hetero) is 1. The van der Waals surface area contributed by atoms with Crippen LogP contribution in [0.2, 0.25) is 0 Å². The van der Waals surface area contributed by atoms with Gasteiger partial charge in [-0.2, -0.15) is 13.2 Å². The second kappa shape index (κ2) is 19.8. The number of hydrogen-bond donors (Lipinski definition) is 2. The van der Waals surface area contributed by atoms with Gasteiger partial charge in [-0.25, -0.2) is 9.97 Å². The Morgan fingerprint density at radius 3 is 2.55 bits per heavy atom. The Kier molecular flexibility index (Phi) is 14.3. The lowest BCUT2D eigenvalue weighted by atomic mass is 9.94. The van der Waals surface area contributed by atoms with E-state index in [-0.39, 0.29) is 43.5 Å². The van der Waals surface area contributed by atoms with Crippen molar-refractivity contribution in [2.24, 2.45) is 11.8 Å². The van der Waals surface area contributed by atoms with Gasteiger partial charge >= 0.3 is 12.1 Å². The highest BCUT2D eigenvalue weighted by Gasteiger charge is 2.65. The predicted octanol–water partition coefficient (Wildman–Crippen LogP) is 10.8. The average molecular weight is 951 g/mol. The summed E-state index contributed by atoms with van der Waals surface area (Å²) in [7, 11) is -2.97. The fourth-order valence-electron chi connectivity index (χ4n) is 9.97. The average Bonchev–Trinajstić information content (AvgIpc) is 3.68. The number of anilines is 1. The molecule has 2 saturated carbocycles. The summed E-state index contributed by atoms with van der Waals surface area (Å²) < 4.78 is 75.4. The maximum Gasteiger partial charge on any atom is 0.416 e. The number of ether oxygens (including phenoxy) is 3. The van der Waals surface area contributed by atoms with Gasteiger partial charge in [0.05, 0.1) is 54.2 Å². The monoisotopic (exact) mass is 950 g/mol. The van der Waals surface area contributed by atoms with Crippen molar-refractivity contribution in [2.45, 2.75) is 139 Å². The molecule has 2 aromatic carbocycles. The topological polar surface area (TPSA) is 157 Å². The number of amides is 1. The van der Waals surface area contributed by atoms with E-state index in [0.717, 1.165) is 49.7 Å². The number of thiazole rings is 1. The Hall–Kier alpha value is -4.79. The van der Waals surface area contributed by atoms with E-state index in [2.05, 4.69) is 5.32 Å². The van der Waals surface area contributed by atoms with E-state index in [9.17, 15) is 37.0 Å². The van der Waals surface area contributed by atoms with Crippen molar-refractivity contribution in [3.63, 3.8) is 0 Å². The van der Waals surface area contributed by atoms with Gasteiger partial charge in [0.15, 0.2) is 10.9 Å². The lowest BCUT2D eigenvalue weighted by Gasteiger charge is -2.30. The van der Waals surface area contributed by atoms with Crippen molar-refractivity contribution < 1.29 is 51.2 Å². The summed E-state index contributed by atoms with van der Waals surface area (Å²) in [6.45, 7) is 4.01. The van der Waals surface area contributed by atoms with Gasteiger partial charge in [0.2, 0.25) is 13.3 Å². The number of alkyl halides is 3. The number of hydrogen-bond acceptors (Lipinski definition) is 11. The van der Waals surface area contributed by atoms with Crippen LogP contribution >= 0.6 is 18.7 Å². The third-order valence-electron chi connectivity index (χ3n) is 13.5. The molecule has 66 heavy (non-hydrogen) atoms. The lowest BCUT2D eigenvalue weighted by molar-refractivity contribution is -0.154. The molecule has 2 aliphatic carbocycles. The maximum atomic E-state index is 15.0. The summed E-state index contributed by atoms with van der Waals surface area (Å²) in [5.41, 5.74) is 0.395. The number of benzene rings is 2. The Balaban J connectivity index is 1.14. The summed E-state index contributed by atoms with van der Waals surface area (Å²) in [4.78, 5) is 66.5. The van der Waals surface area contributed by atoms with Crippen LogP contribution in [0.25, 0.3) is 22.3 Å². The number of ketones is 1. The SMILES string of the molecule is COc1ccc2c(O[C@@H]3C[C@H]4C(=O)C[C@]5(P(=O)(O)Cc6ccccc6C(F)(F)F)C[C@@H]5/C=C\CCCCC[C@H](CC(=O)OC5CCCC5)C(=O)N4C3)cc(-c3csc(NC(C)C)n3)nc2c1. The van der Waals surface area contributed by atoms with Gasteiger partial charge in [-0.05, 0) is 94.9 Å². The first kappa shape index (κ1) is 47.7. The van der Waals surface area contributed by atoms with Gasteiger partial charge in [-0.3, -0.25) is 18.9 Å². The number of carbonyl (C=O) groups excluding carboxylic acids is 3. The molecule has 4 aromatic rings. The molecule has 354 valence electrons. The molecule has 3 fully saturated rings. The second-order valence-corrected chi connectivity index (χ2v) is 22.1. The number of esters is 1. The minimum Gasteiger partial charge on any atom is -0.497 e. The molecule has 1 amide bonds. The van der Waals surface area contributed by atoms with E-state index < -0.39 is 78.5 Å². The molecule has 0 spiro atoms. The van der Waals surface area contributed by atoms with Gasteiger partial charge in [0, 0.05) is 47.7 Å². The summed E-state index contributed by atoms with van der Waals surface area (Å²) in [5.74, 6) is -1.67. The van der Waals surface area contributed by atoms with Gasteiger partial charge in [0.1, 0.15) is 29.4 Å². The first-order valence-corrected chi connectivity index (χ1v) is 25.8. The molecule has 4 aliphatic rings. The van der Waals surface area contributed by atoms with E-state index in [0.29, 0.717) is 53.1 Å². The lowest BCUT2D eigenvalue weighted by Crippen LogP contribution is -2.45. The quantitative estimate of drug-likeness (QED) is 0.0791. The number of carbonyl (C=O) groups is 3. The van der Waals surface area contributed by atoms with Crippen molar-refractivity contribution in [2.75, 3.05) is 19.0 Å². The largest absolute Gasteiger partial charge is 0.497 e. The Labute approximate surface area is 387 Å². The third kappa shape index (κ3) is 10.7. The van der Waals surface area contributed by atoms with Gasteiger partial charge < -0.3 is 29.3 Å². The molecular formula is C49H58F3N4O8PS. The Morgan fingerprint density at radius 2 is 1.79 bits per heavy atom. The standard InChI is InChI=1S/C49H58F3N4O8PS/c1-30(2)53-47-55-41(29-66-47)40-24-44(37-20-19-35(62-3)22-39(37)54-40)63-36-23-42-43(57)26-48(65(60,61)28-32-14-9-12-18-38(32)49(50,51)52)25-33(48)15-8-6-4-5-7-13-31(46(59)56(42)27-36)21-45(58)64-34-16-10-11-17-34/h8-9,12,14-15,18-20,22,24,29-31,33-34,36,42H,4-7,10-11,13,16-17,21,23,25-28H2,1-3H3,(H,53,55)(H,60,61)/b15-8-/t31-,33+,36-,42+,48-/m1/s1. The van der Waals surface area contributed by atoms with Crippen LogP contribution in [-0.4, -0.2) is 80.5 Å². The Morgan fingerprint density at radius 1 is 1.02 bits per heavy atom. The number of halogens is 3. The molecule has 1 unspecified atom stereocenters. The van der Waals surface area contributed by atoms with E-state index >= 15 is 0 Å². The summed E-state index contributed by atoms with van der Waals surface area (Å²) in [6.07, 6.45) is 3.53.